The first-order valence-corrected chi connectivity index (χ1v) is 17.2. The zero-order valence-corrected chi connectivity index (χ0v) is 27.3. The first-order valence-electron chi connectivity index (χ1n) is 15.3. The van der Waals surface area contributed by atoms with Crippen LogP contribution < -0.4 is 14.8 Å². The second-order valence-electron chi connectivity index (χ2n) is 11.4. The van der Waals surface area contributed by atoms with E-state index >= 15 is 0 Å². The van der Waals surface area contributed by atoms with Crippen molar-refractivity contribution >= 4 is 33.4 Å². The number of hydrogen-bond acceptors (Lipinski definition) is 5. The van der Waals surface area contributed by atoms with Gasteiger partial charge in [-0.25, -0.2) is 13.1 Å². The molecule has 4 aromatic carbocycles. The van der Waals surface area contributed by atoms with Crippen LogP contribution >= 0.6 is 11.6 Å². The Morgan fingerprint density at radius 1 is 0.870 bits per heavy atom. The lowest BCUT2D eigenvalue weighted by Crippen LogP contribution is -2.50. The maximum absolute atomic E-state index is 14.1. The summed E-state index contributed by atoms with van der Waals surface area (Å²) in [6, 6.07) is 30.2. The summed E-state index contributed by atoms with van der Waals surface area (Å²) in [5, 5.41) is 3.56. The van der Waals surface area contributed by atoms with Crippen molar-refractivity contribution in [2.24, 2.45) is 0 Å². The number of amides is 2. The van der Waals surface area contributed by atoms with E-state index in [1.807, 2.05) is 72.8 Å². The summed E-state index contributed by atoms with van der Waals surface area (Å²) in [6.07, 6.45) is 2.54. The average molecular weight is 660 g/mol. The Balaban J connectivity index is 1.37. The van der Waals surface area contributed by atoms with E-state index in [2.05, 4.69) is 10.0 Å². The summed E-state index contributed by atoms with van der Waals surface area (Å²) in [7, 11) is -1.97. The minimum absolute atomic E-state index is 0.0182. The van der Waals surface area contributed by atoms with E-state index in [0.717, 1.165) is 35.1 Å². The number of nitrogens with one attached hydrogen (secondary N) is 2. The van der Waals surface area contributed by atoms with Gasteiger partial charge < -0.3 is 15.0 Å². The van der Waals surface area contributed by atoms with Crippen LogP contribution in [-0.2, 0) is 45.5 Å². The lowest BCUT2D eigenvalue weighted by Gasteiger charge is -2.32. The van der Waals surface area contributed by atoms with Gasteiger partial charge in [-0.1, -0.05) is 84.4 Å². The van der Waals surface area contributed by atoms with Gasteiger partial charge in [-0.15, -0.1) is 0 Å². The molecule has 0 spiro atoms. The highest BCUT2D eigenvalue weighted by molar-refractivity contribution is 7.89. The molecule has 1 saturated carbocycles. The number of hydrogen-bond donors (Lipinski definition) is 2. The lowest BCUT2D eigenvalue weighted by molar-refractivity contribution is -0.141. The highest BCUT2D eigenvalue weighted by Gasteiger charge is 2.31. The van der Waals surface area contributed by atoms with Gasteiger partial charge >= 0.3 is 0 Å². The fourth-order valence-corrected chi connectivity index (χ4v) is 6.65. The third-order valence-electron chi connectivity index (χ3n) is 7.95. The maximum atomic E-state index is 14.1. The molecule has 0 bridgehead atoms. The van der Waals surface area contributed by atoms with E-state index in [9.17, 15) is 18.0 Å². The molecule has 1 fully saturated rings. The number of halogens is 1. The van der Waals surface area contributed by atoms with Gasteiger partial charge in [0.2, 0.25) is 21.8 Å². The van der Waals surface area contributed by atoms with Crippen LogP contribution in [0.25, 0.3) is 0 Å². The maximum Gasteiger partial charge on any atom is 0.243 e. The number of aryl methyl sites for hydroxylation is 1. The summed E-state index contributed by atoms with van der Waals surface area (Å²) in [5.41, 5.74) is 3.38. The fourth-order valence-electron chi connectivity index (χ4n) is 5.14. The molecular weight excluding hydrogens is 622 g/mol. The predicted octanol–water partition coefficient (Wildman–Crippen LogP) is 5.68. The number of sulfonamides is 1. The summed E-state index contributed by atoms with van der Waals surface area (Å²) in [6.45, 7) is 0.434. The molecule has 1 atom stereocenters. The molecule has 0 radical (unpaired) electrons. The Bertz CT molecular complexity index is 1730. The number of carbonyl (C=O) groups excluding carboxylic acids is 2. The zero-order chi connectivity index (χ0) is 32.5. The Morgan fingerprint density at radius 3 is 2.17 bits per heavy atom. The molecule has 240 valence electrons. The van der Waals surface area contributed by atoms with Gasteiger partial charge in [-0.3, -0.25) is 9.59 Å². The summed E-state index contributed by atoms with van der Waals surface area (Å²) < 4.78 is 33.2. The lowest BCUT2D eigenvalue weighted by atomic mass is 10.0. The molecule has 0 aliphatic heterocycles. The van der Waals surface area contributed by atoms with Crippen LogP contribution in [0.4, 0.5) is 0 Å². The normalized spacial score (nSPS) is 13.5. The van der Waals surface area contributed by atoms with Gasteiger partial charge in [0.05, 0.1) is 12.0 Å². The minimum atomic E-state index is -3.56. The van der Waals surface area contributed by atoms with Crippen molar-refractivity contribution < 1.29 is 22.7 Å². The summed E-state index contributed by atoms with van der Waals surface area (Å²) in [5.74, 6) is 0.206. The Kier molecular flexibility index (Phi) is 11.1. The molecule has 4 aromatic rings. The van der Waals surface area contributed by atoms with Crippen LogP contribution in [0.5, 0.6) is 5.75 Å². The number of carbonyl (C=O) groups is 2. The minimum Gasteiger partial charge on any atom is -0.497 e. The van der Waals surface area contributed by atoms with Crippen LogP contribution in [0.15, 0.2) is 108 Å². The molecule has 0 heterocycles. The van der Waals surface area contributed by atoms with E-state index in [0.29, 0.717) is 23.6 Å². The molecule has 10 heteroatoms. The largest absolute Gasteiger partial charge is 0.497 e. The Hall–Kier alpha value is -4.18. The molecule has 0 aromatic heterocycles. The molecule has 8 nitrogen and oxygen atoms in total. The fraction of sp³-hybridized carbons (Fsp3) is 0.278. The number of nitrogens with zero attached hydrogens (tertiary/aromatic N) is 1. The summed E-state index contributed by atoms with van der Waals surface area (Å²) in [4.78, 5) is 29.8. The molecule has 5 rings (SSSR count). The monoisotopic (exact) mass is 659 g/mol. The molecule has 2 amide bonds. The zero-order valence-electron chi connectivity index (χ0n) is 25.7. The smallest absolute Gasteiger partial charge is 0.243 e. The van der Waals surface area contributed by atoms with Gasteiger partial charge in [0, 0.05) is 37.0 Å². The van der Waals surface area contributed by atoms with Crippen molar-refractivity contribution in [3.63, 3.8) is 0 Å². The van der Waals surface area contributed by atoms with Crippen molar-refractivity contribution in [2.75, 3.05) is 7.11 Å². The number of methoxy groups -OCH3 is 1. The molecule has 2 N–H and O–H groups in total. The molecule has 1 aliphatic carbocycles. The SMILES string of the molecule is COc1ccc(CN(C(=O)CCc2ccc(S(=O)(=O)NC3CC3)cc2)[C@H](Cc2ccccc2)C(=O)NCc2ccccc2Cl)cc1. The number of ether oxygens (including phenoxy) is 1. The van der Waals surface area contributed by atoms with Gasteiger partial charge in [-0.2, -0.15) is 0 Å². The molecule has 1 aliphatic rings. The van der Waals surface area contributed by atoms with Crippen LogP contribution in [0, 0.1) is 0 Å². The summed E-state index contributed by atoms with van der Waals surface area (Å²) >= 11 is 6.36. The number of rotatable bonds is 15. The van der Waals surface area contributed by atoms with Crippen molar-refractivity contribution in [1.29, 1.82) is 0 Å². The second kappa shape index (κ2) is 15.4. The van der Waals surface area contributed by atoms with Crippen LogP contribution in [-0.4, -0.2) is 44.3 Å². The topological polar surface area (TPSA) is 105 Å². The standard InChI is InChI=1S/C36H38ClN3O5S/c1-45-31-18-11-28(12-19-31)25-40(35(41)22-15-26-13-20-32(21-14-26)46(43,44)39-30-16-17-30)34(23-27-7-3-2-4-8-27)36(42)38-24-29-9-5-6-10-33(29)37/h2-14,18-21,30,34,39H,15-17,22-25H2,1H3,(H,38,42)/t34-/m1/s1. The van der Waals surface area contributed by atoms with Crippen LogP contribution in [0.2, 0.25) is 5.02 Å². The van der Waals surface area contributed by atoms with Crippen molar-refractivity contribution in [1.82, 2.24) is 14.9 Å². The van der Waals surface area contributed by atoms with E-state index < -0.39 is 16.1 Å². The second-order valence-corrected chi connectivity index (χ2v) is 13.5. The van der Waals surface area contributed by atoms with Crippen LogP contribution in [0.3, 0.4) is 0 Å². The first-order chi connectivity index (χ1) is 22.2. The Labute approximate surface area is 275 Å². The van der Waals surface area contributed by atoms with Crippen molar-refractivity contribution in [3.8, 4) is 5.75 Å². The highest BCUT2D eigenvalue weighted by atomic mass is 35.5. The molecular formula is C36H38ClN3O5S. The number of benzene rings is 4. The van der Waals surface area contributed by atoms with Gasteiger partial charge in [-0.05, 0) is 71.8 Å². The quantitative estimate of drug-likeness (QED) is 0.171. The predicted molar refractivity (Wildman–Crippen MR) is 179 cm³/mol. The van der Waals surface area contributed by atoms with Crippen molar-refractivity contribution in [2.45, 2.75) is 62.2 Å². The molecule has 0 unspecified atom stereocenters. The van der Waals surface area contributed by atoms with Gasteiger partial charge in [0.1, 0.15) is 11.8 Å². The Morgan fingerprint density at radius 2 is 1.52 bits per heavy atom. The molecule has 46 heavy (non-hydrogen) atoms. The van der Waals surface area contributed by atoms with Gasteiger partial charge in [0.25, 0.3) is 0 Å². The highest BCUT2D eigenvalue weighted by Crippen LogP contribution is 2.23. The van der Waals surface area contributed by atoms with E-state index in [1.54, 1.807) is 42.3 Å². The molecule has 0 saturated heterocycles. The average Bonchev–Trinajstić information content (AvgIpc) is 3.89. The van der Waals surface area contributed by atoms with Gasteiger partial charge in [0.15, 0.2) is 0 Å². The van der Waals surface area contributed by atoms with Crippen LogP contribution in [0.1, 0.15) is 41.5 Å². The van der Waals surface area contributed by atoms with Crippen molar-refractivity contribution in [3.05, 3.63) is 130 Å². The first kappa shape index (κ1) is 33.2. The van der Waals surface area contributed by atoms with E-state index in [1.165, 1.54) is 0 Å². The van der Waals surface area contributed by atoms with E-state index in [4.69, 9.17) is 16.3 Å². The third kappa shape index (κ3) is 9.19. The third-order valence-corrected chi connectivity index (χ3v) is 9.86. The van der Waals surface area contributed by atoms with E-state index in [-0.39, 0.29) is 42.3 Å².